The van der Waals surface area contributed by atoms with Crippen molar-refractivity contribution < 1.29 is 22.8 Å². The van der Waals surface area contributed by atoms with Gasteiger partial charge in [0, 0.05) is 5.69 Å². The molecule has 0 aliphatic carbocycles. The van der Waals surface area contributed by atoms with Gasteiger partial charge in [0.2, 0.25) is 11.8 Å². The van der Waals surface area contributed by atoms with Gasteiger partial charge in [-0.2, -0.15) is 0 Å². The molecule has 2 N–H and O–H groups in total. The van der Waals surface area contributed by atoms with Crippen LogP contribution in [-0.2, 0) is 15.0 Å². The molecule has 0 heterocycles. The largest absolute Gasteiger partial charge is 0.325 e. The minimum Gasteiger partial charge on any atom is -0.325 e. The first-order valence-corrected chi connectivity index (χ1v) is 8.71. The van der Waals surface area contributed by atoms with Crippen LogP contribution in [0.15, 0.2) is 36.4 Å². The number of rotatable bonds is 4. The van der Waals surface area contributed by atoms with E-state index in [-0.39, 0.29) is 5.41 Å². The molecule has 2 rings (SSSR count). The van der Waals surface area contributed by atoms with Crippen LogP contribution in [-0.4, -0.2) is 11.8 Å². The summed E-state index contributed by atoms with van der Waals surface area (Å²) < 4.78 is 40.2. The minimum atomic E-state index is -1.70. The van der Waals surface area contributed by atoms with E-state index in [1.807, 2.05) is 32.9 Å². The number of benzene rings is 2. The van der Waals surface area contributed by atoms with E-state index in [0.29, 0.717) is 11.8 Å². The van der Waals surface area contributed by atoms with Crippen molar-refractivity contribution in [1.29, 1.82) is 0 Å². The number of anilines is 2. The summed E-state index contributed by atoms with van der Waals surface area (Å²) >= 11 is 0. The fraction of sp³-hybridized carbons (Fsp3) is 0.333. The van der Waals surface area contributed by atoms with Crippen LogP contribution in [0.25, 0.3) is 0 Å². The van der Waals surface area contributed by atoms with E-state index < -0.39 is 40.4 Å². The zero-order chi connectivity index (χ0) is 21.3. The molecule has 0 saturated carbocycles. The first kappa shape index (κ1) is 21.5. The van der Waals surface area contributed by atoms with Gasteiger partial charge in [-0.15, -0.1) is 0 Å². The van der Waals surface area contributed by atoms with Crippen LogP contribution in [0.2, 0.25) is 0 Å². The Hall–Kier alpha value is -2.83. The van der Waals surface area contributed by atoms with Gasteiger partial charge in [-0.3, -0.25) is 9.59 Å². The molecule has 0 aliphatic rings. The van der Waals surface area contributed by atoms with Crippen molar-refractivity contribution in [2.75, 3.05) is 10.6 Å². The van der Waals surface area contributed by atoms with Crippen molar-refractivity contribution >= 4 is 23.2 Å². The molecule has 0 atom stereocenters. The molecule has 150 valence electrons. The fourth-order valence-electron chi connectivity index (χ4n) is 2.53. The molecule has 2 aromatic rings. The normalized spacial score (nSPS) is 11.9. The number of halogens is 3. The molecule has 0 bridgehead atoms. The second kappa shape index (κ2) is 7.66. The number of hydrogen-bond acceptors (Lipinski definition) is 2. The molecule has 28 heavy (non-hydrogen) atoms. The third-order valence-electron chi connectivity index (χ3n) is 4.40. The lowest BCUT2D eigenvalue weighted by Crippen LogP contribution is -2.42. The van der Waals surface area contributed by atoms with E-state index in [9.17, 15) is 22.8 Å². The topological polar surface area (TPSA) is 58.2 Å². The van der Waals surface area contributed by atoms with Crippen molar-refractivity contribution in [3.05, 3.63) is 59.4 Å². The highest BCUT2D eigenvalue weighted by Gasteiger charge is 2.37. The molecule has 7 heteroatoms. The van der Waals surface area contributed by atoms with Gasteiger partial charge in [-0.25, -0.2) is 13.2 Å². The Morgan fingerprint density at radius 1 is 0.750 bits per heavy atom. The van der Waals surface area contributed by atoms with Gasteiger partial charge < -0.3 is 10.6 Å². The van der Waals surface area contributed by atoms with Crippen LogP contribution in [0.4, 0.5) is 24.5 Å². The maximum absolute atomic E-state index is 13.8. The summed E-state index contributed by atoms with van der Waals surface area (Å²) in [6.07, 6.45) is 0. The third-order valence-corrected chi connectivity index (χ3v) is 4.40. The van der Waals surface area contributed by atoms with Gasteiger partial charge in [-0.05, 0) is 43.0 Å². The van der Waals surface area contributed by atoms with E-state index in [1.54, 1.807) is 12.1 Å². The second-order valence-electron chi connectivity index (χ2n) is 8.05. The predicted octanol–water partition coefficient (Wildman–Crippen LogP) is 5.00. The number of carbonyl (C=O) groups excluding carboxylic acids is 2. The third kappa shape index (κ3) is 4.35. The zero-order valence-corrected chi connectivity index (χ0v) is 16.4. The summed E-state index contributed by atoms with van der Waals surface area (Å²) in [4.78, 5) is 25.3. The van der Waals surface area contributed by atoms with Gasteiger partial charge in [-0.1, -0.05) is 39.0 Å². The summed E-state index contributed by atoms with van der Waals surface area (Å²) in [5.74, 6) is -6.07. The highest BCUT2D eigenvalue weighted by Crippen LogP contribution is 2.31. The molecule has 2 amide bonds. The first-order valence-electron chi connectivity index (χ1n) is 8.71. The lowest BCUT2D eigenvalue weighted by molar-refractivity contribution is -0.135. The first-order chi connectivity index (χ1) is 12.9. The molecule has 2 aromatic carbocycles. The molecular weight excluding hydrogens is 369 g/mol. The molecule has 0 aliphatic heterocycles. The maximum atomic E-state index is 13.8. The van der Waals surface area contributed by atoms with Crippen molar-refractivity contribution in [2.45, 2.75) is 40.0 Å². The van der Waals surface area contributed by atoms with E-state index in [2.05, 4.69) is 10.6 Å². The highest BCUT2D eigenvalue weighted by molar-refractivity contribution is 6.14. The Morgan fingerprint density at radius 2 is 1.29 bits per heavy atom. The monoisotopic (exact) mass is 392 g/mol. The smallest absolute Gasteiger partial charge is 0.239 e. The van der Waals surface area contributed by atoms with Crippen LogP contribution in [0.5, 0.6) is 0 Å². The highest BCUT2D eigenvalue weighted by atomic mass is 19.2. The number of amides is 2. The van der Waals surface area contributed by atoms with Crippen molar-refractivity contribution in [3.63, 3.8) is 0 Å². The van der Waals surface area contributed by atoms with Crippen molar-refractivity contribution in [1.82, 2.24) is 0 Å². The average Bonchev–Trinajstić information content (AvgIpc) is 2.61. The molecule has 0 saturated heterocycles. The number of para-hydroxylation sites is 1. The summed E-state index contributed by atoms with van der Waals surface area (Å²) in [6, 6.07) is 8.80. The molecule has 0 fully saturated rings. The summed E-state index contributed by atoms with van der Waals surface area (Å²) in [6.45, 7) is 8.68. The van der Waals surface area contributed by atoms with Crippen molar-refractivity contribution in [3.8, 4) is 0 Å². The summed E-state index contributed by atoms with van der Waals surface area (Å²) in [5, 5.41) is 4.88. The average molecular weight is 392 g/mol. The van der Waals surface area contributed by atoms with Gasteiger partial charge in [0.25, 0.3) is 0 Å². The number of carbonyl (C=O) groups is 2. The number of nitrogens with one attached hydrogen (secondary N) is 2. The van der Waals surface area contributed by atoms with Crippen LogP contribution < -0.4 is 10.6 Å². The molecule has 4 nitrogen and oxygen atoms in total. The van der Waals surface area contributed by atoms with E-state index >= 15 is 0 Å². The standard InChI is InChI=1S/C21H23F3N2O2/c1-20(2,3)12-8-6-7-9-14(12)25-18(27)21(4,5)19(28)26-15-11-10-13(22)16(23)17(15)24/h6-11H,1-5H3,(H,25,27)(H,26,28). The van der Waals surface area contributed by atoms with E-state index in [0.717, 1.165) is 11.6 Å². The van der Waals surface area contributed by atoms with Gasteiger partial charge in [0.15, 0.2) is 17.5 Å². The molecule has 0 spiro atoms. The van der Waals surface area contributed by atoms with Gasteiger partial charge in [0.05, 0.1) is 5.69 Å². The summed E-state index contributed by atoms with van der Waals surface area (Å²) in [5.41, 5.74) is -0.959. The summed E-state index contributed by atoms with van der Waals surface area (Å²) in [7, 11) is 0. The maximum Gasteiger partial charge on any atom is 0.239 e. The fourth-order valence-corrected chi connectivity index (χ4v) is 2.53. The Morgan fingerprint density at radius 3 is 1.86 bits per heavy atom. The number of hydrogen-bond donors (Lipinski definition) is 2. The minimum absolute atomic E-state index is 0.245. The molecule has 0 unspecified atom stereocenters. The van der Waals surface area contributed by atoms with Crippen LogP contribution in [0.1, 0.15) is 40.2 Å². The lowest BCUT2D eigenvalue weighted by Gasteiger charge is -2.26. The Labute approximate surface area is 162 Å². The van der Waals surface area contributed by atoms with Crippen molar-refractivity contribution in [2.24, 2.45) is 5.41 Å². The van der Waals surface area contributed by atoms with Crippen LogP contribution in [0.3, 0.4) is 0 Å². The van der Waals surface area contributed by atoms with Gasteiger partial charge >= 0.3 is 0 Å². The van der Waals surface area contributed by atoms with Crippen LogP contribution >= 0.6 is 0 Å². The Balaban J connectivity index is 2.24. The lowest BCUT2D eigenvalue weighted by atomic mass is 9.85. The van der Waals surface area contributed by atoms with Gasteiger partial charge in [0.1, 0.15) is 5.41 Å². The van der Waals surface area contributed by atoms with E-state index in [4.69, 9.17) is 0 Å². The SMILES string of the molecule is CC(C)(C(=O)Nc1ccccc1C(C)(C)C)C(=O)Nc1ccc(F)c(F)c1F. The molecule has 0 aromatic heterocycles. The zero-order valence-electron chi connectivity index (χ0n) is 16.4. The quantitative estimate of drug-likeness (QED) is 0.568. The Bertz CT molecular complexity index is 918. The van der Waals surface area contributed by atoms with E-state index in [1.165, 1.54) is 13.8 Å². The Kier molecular flexibility index (Phi) is 5.87. The van der Waals surface area contributed by atoms with Crippen LogP contribution in [0, 0.1) is 22.9 Å². The molecule has 0 radical (unpaired) electrons. The molecular formula is C21H23F3N2O2. The predicted molar refractivity (Wildman–Crippen MR) is 102 cm³/mol. The second-order valence-corrected chi connectivity index (χ2v) is 8.05.